The molecule has 3 N–H and O–H groups in total. The van der Waals surface area contributed by atoms with E-state index in [4.69, 9.17) is 15.9 Å². The minimum Gasteiger partial charge on any atom is -0.397 e. The number of nitrogens with one attached hydrogen (secondary N) is 1. The van der Waals surface area contributed by atoms with Crippen molar-refractivity contribution in [1.29, 1.82) is 5.41 Å². The van der Waals surface area contributed by atoms with Gasteiger partial charge in [0, 0.05) is 11.6 Å². The fourth-order valence-corrected chi connectivity index (χ4v) is 1.05. The fourth-order valence-electron chi connectivity index (χ4n) is 0.550. The molecule has 0 amide bonds. The third-order valence-electron chi connectivity index (χ3n) is 0.946. The average molecular weight is 185 g/mol. The maximum absolute atomic E-state index is 10.8. The van der Waals surface area contributed by atoms with Gasteiger partial charge in [-0.25, -0.2) is 4.98 Å². The smallest absolute Gasteiger partial charge is 0.320 e. The Morgan fingerprint density at radius 3 is 3.08 bits per heavy atom. The van der Waals surface area contributed by atoms with Gasteiger partial charge in [0.2, 0.25) is 0 Å². The largest absolute Gasteiger partial charge is 0.397 e. The molecular formula is C6H7N3O2S. The van der Waals surface area contributed by atoms with E-state index in [0.717, 1.165) is 0 Å². The number of aromatic nitrogens is 1. The lowest BCUT2D eigenvalue weighted by atomic mass is 10.4. The second-order valence-electron chi connectivity index (χ2n) is 1.97. The van der Waals surface area contributed by atoms with E-state index in [1.807, 2.05) is 0 Å². The molecule has 0 spiro atoms. The van der Waals surface area contributed by atoms with Crippen molar-refractivity contribution in [3.8, 4) is 5.19 Å². The second kappa shape index (κ2) is 3.82. The van der Waals surface area contributed by atoms with Crippen molar-refractivity contribution in [2.24, 2.45) is 5.73 Å². The summed E-state index contributed by atoms with van der Waals surface area (Å²) in [5.74, 6) is -0.769. The van der Waals surface area contributed by atoms with Crippen molar-refractivity contribution >= 4 is 23.1 Å². The average Bonchev–Trinajstić information content (AvgIpc) is 2.37. The first-order valence-electron chi connectivity index (χ1n) is 3.11. The molecule has 0 bridgehead atoms. The van der Waals surface area contributed by atoms with E-state index in [1.54, 1.807) is 5.38 Å². The summed E-state index contributed by atoms with van der Waals surface area (Å²) in [5, 5.41) is 8.78. The zero-order chi connectivity index (χ0) is 8.97. The molecule has 5 nitrogen and oxygen atoms in total. The topological polar surface area (TPSA) is 89.1 Å². The van der Waals surface area contributed by atoms with Gasteiger partial charge in [0.05, 0.1) is 0 Å². The lowest BCUT2D eigenvalue weighted by Gasteiger charge is -1.97. The van der Waals surface area contributed by atoms with Crippen LogP contribution < -0.4 is 10.5 Å². The van der Waals surface area contributed by atoms with Crippen molar-refractivity contribution in [3.63, 3.8) is 0 Å². The quantitative estimate of drug-likeness (QED) is 0.404. The van der Waals surface area contributed by atoms with Gasteiger partial charge in [-0.15, -0.1) is 0 Å². The van der Waals surface area contributed by atoms with Gasteiger partial charge in [-0.3, -0.25) is 10.2 Å². The van der Waals surface area contributed by atoms with E-state index >= 15 is 0 Å². The summed E-state index contributed by atoms with van der Waals surface area (Å²) in [6.45, 7) is 0. The maximum Gasteiger partial charge on any atom is 0.320 e. The molecule has 0 aliphatic carbocycles. The number of nitrogens with two attached hydrogens (primary N) is 1. The first kappa shape index (κ1) is 8.66. The normalized spacial score (nSPS) is 9.33. The van der Waals surface area contributed by atoms with Crippen LogP contribution in [0.3, 0.4) is 0 Å². The van der Waals surface area contributed by atoms with Crippen LogP contribution in [0.15, 0.2) is 11.6 Å². The molecule has 0 fully saturated rings. The Hall–Kier alpha value is -1.43. The molecule has 0 radical (unpaired) electrons. The van der Waals surface area contributed by atoms with E-state index < -0.39 is 5.97 Å². The van der Waals surface area contributed by atoms with Gasteiger partial charge in [-0.05, 0) is 0 Å². The number of rotatable bonds is 3. The van der Waals surface area contributed by atoms with Crippen LogP contribution in [0, 0.1) is 5.41 Å². The number of ether oxygens (including phenoxy) is 1. The summed E-state index contributed by atoms with van der Waals surface area (Å²) in [6, 6.07) is 0. The Bertz CT molecular complexity index is 283. The summed E-state index contributed by atoms with van der Waals surface area (Å²) in [4.78, 5) is 14.6. The molecule has 12 heavy (non-hydrogen) atoms. The second-order valence-corrected chi connectivity index (χ2v) is 2.83. The molecule has 0 atom stereocenters. The third-order valence-corrected chi connectivity index (χ3v) is 1.59. The molecule has 0 unspecified atom stereocenters. The van der Waals surface area contributed by atoms with E-state index in [2.05, 4.69) is 4.98 Å². The summed E-state index contributed by atoms with van der Waals surface area (Å²) in [5.41, 5.74) is 4.99. The van der Waals surface area contributed by atoms with Crippen LogP contribution in [0.2, 0.25) is 0 Å². The van der Waals surface area contributed by atoms with Crippen LogP contribution in [-0.2, 0) is 4.79 Å². The lowest BCUT2D eigenvalue weighted by Crippen LogP contribution is -2.19. The Labute approximate surface area is 72.7 Å². The number of hydrogen-bond acceptors (Lipinski definition) is 5. The maximum atomic E-state index is 10.8. The minimum atomic E-state index is -0.558. The molecule has 0 saturated carbocycles. The molecule has 0 aliphatic rings. The van der Waals surface area contributed by atoms with Gasteiger partial charge >= 0.3 is 5.97 Å². The lowest BCUT2D eigenvalue weighted by molar-refractivity contribution is -0.133. The molecule has 1 rings (SSSR count). The van der Waals surface area contributed by atoms with Crippen molar-refractivity contribution in [1.82, 2.24) is 4.98 Å². The van der Waals surface area contributed by atoms with Crippen LogP contribution in [-0.4, -0.2) is 16.8 Å². The highest BCUT2D eigenvalue weighted by atomic mass is 32.1. The van der Waals surface area contributed by atoms with Crippen molar-refractivity contribution in [2.45, 2.75) is 6.42 Å². The van der Waals surface area contributed by atoms with Crippen LogP contribution in [0.25, 0.3) is 0 Å². The van der Waals surface area contributed by atoms with Crippen LogP contribution in [0.5, 0.6) is 5.19 Å². The number of hydrogen-bond donors (Lipinski definition) is 2. The monoisotopic (exact) mass is 185 g/mol. The van der Waals surface area contributed by atoms with Crippen molar-refractivity contribution in [3.05, 3.63) is 11.6 Å². The van der Waals surface area contributed by atoms with E-state index in [1.165, 1.54) is 17.5 Å². The van der Waals surface area contributed by atoms with Crippen LogP contribution in [0.1, 0.15) is 6.42 Å². The highest BCUT2D eigenvalue weighted by Crippen LogP contribution is 2.13. The number of amidine groups is 1. The van der Waals surface area contributed by atoms with E-state index in [-0.39, 0.29) is 17.5 Å². The van der Waals surface area contributed by atoms with E-state index in [0.29, 0.717) is 0 Å². The predicted molar refractivity (Wildman–Crippen MR) is 44.3 cm³/mol. The molecule has 1 aromatic rings. The molecular weight excluding hydrogens is 178 g/mol. The molecule has 0 saturated heterocycles. The van der Waals surface area contributed by atoms with Crippen LogP contribution in [0.4, 0.5) is 0 Å². The van der Waals surface area contributed by atoms with Gasteiger partial charge in [-0.1, -0.05) is 11.3 Å². The molecule has 0 aliphatic heterocycles. The molecule has 6 heteroatoms. The van der Waals surface area contributed by atoms with Gasteiger partial charge in [-0.2, -0.15) is 0 Å². The van der Waals surface area contributed by atoms with E-state index in [9.17, 15) is 4.79 Å². The summed E-state index contributed by atoms with van der Waals surface area (Å²) in [6.07, 6.45) is 1.33. The fraction of sp³-hybridized carbons (Fsp3) is 0.167. The zero-order valence-corrected chi connectivity index (χ0v) is 6.93. The molecule has 1 aromatic heterocycles. The number of esters is 1. The Morgan fingerprint density at radius 1 is 1.83 bits per heavy atom. The Morgan fingerprint density at radius 2 is 2.58 bits per heavy atom. The third kappa shape index (κ3) is 2.67. The summed E-state index contributed by atoms with van der Waals surface area (Å²) < 4.78 is 4.71. The standard InChI is InChI=1S/C6H7N3O2S/c7-4(8)3-5(10)11-6-9-1-2-12-6/h1-2H,3H2,(H3,7,8). The SMILES string of the molecule is N=C(N)CC(=O)Oc1nccs1. The number of carbonyl (C=O) groups excluding carboxylic acids is 1. The summed E-state index contributed by atoms with van der Waals surface area (Å²) >= 11 is 1.21. The Kier molecular flexibility index (Phi) is 2.76. The van der Waals surface area contributed by atoms with Gasteiger partial charge in [0.15, 0.2) is 0 Å². The highest BCUT2D eigenvalue weighted by molar-refractivity contribution is 7.11. The first-order chi connectivity index (χ1) is 5.68. The number of thiazole rings is 1. The van der Waals surface area contributed by atoms with Gasteiger partial charge < -0.3 is 10.5 Å². The first-order valence-corrected chi connectivity index (χ1v) is 3.99. The zero-order valence-electron chi connectivity index (χ0n) is 6.11. The summed E-state index contributed by atoms with van der Waals surface area (Å²) in [7, 11) is 0. The predicted octanol–water partition coefficient (Wildman–Crippen LogP) is 0.375. The number of nitrogens with zero attached hydrogens (tertiary/aromatic N) is 1. The Balaban J connectivity index is 2.42. The van der Waals surface area contributed by atoms with Crippen molar-refractivity contribution < 1.29 is 9.53 Å². The number of carbonyl (C=O) groups is 1. The molecule has 1 heterocycles. The van der Waals surface area contributed by atoms with Crippen molar-refractivity contribution in [2.75, 3.05) is 0 Å². The molecule has 0 aromatic carbocycles. The van der Waals surface area contributed by atoms with Gasteiger partial charge in [0.25, 0.3) is 5.19 Å². The minimum absolute atomic E-state index is 0.195. The molecule has 64 valence electrons. The van der Waals surface area contributed by atoms with Gasteiger partial charge in [0.1, 0.15) is 12.3 Å². The highest BCUT2D eigenvalue weighted by Gasteiger charge is 2.07. The van der Waals surface area contributed by atoms with Crippen LogP contribution >= 0.6 is 11.3 Å².